The van der Waals surface area contributed by atoms with Crippen molar-refractivity contribution in [1.82, 2.24) is 0 Å². The fourth-order valence-electron chi connectivity index (χ4n) is 10.7. The van der Waals surface area contributed by atoms with Crippen molar-refractivity contribution in [2.24, 2.45) is 46.5 Å². The second kappa shape index (κ2) is 20.4. The molecule has 70 heavy (non-hydrogen) atoms. The topological polar surface area (TPSA) is 172 Å². The molecule has 4 aromatic carbocycles. The van der Waals surface area contributed by atoms with Gasteiger partial charge in [-0.2, -0.15) is 0 Å². The summed E-state index contributed by atoms with van der Waals surface area (Å²) < 4.78 is 122. The molecule has 8 N–H and O–H groups in total. The maximum absolute atomic E-state index is 11.8. The van der Waals surface area contributed by atoms with Gasteiger partial charge < -0.3 is 22.9 Å². The third-order valence-corrected chi connectivity index (χ3v) is 15.0. The van der Waals surface area contributed by atoms with Crippen LogP contribution in [-0.2, 0) is 44.9 Å². The molecule has 364 valence electrons. The lowest BCUT2D eigenvalue weighted by molar-refractivity contribution is -0.121. The van der Waals surface area contributed by atoms with Crippen molar-refractivity contribution in [3.63, 3.8) is 0 Å². The lowest BCUT2D eigenvalue weighted by atomic mass is 9.82. The van der Waals surface area contributed by atoms with Crippen molar-refractivity contribution < 1.29 is 39.7 Å². The molecule has 8 aliphatic carbocycles. The van der Waals surface area contributed by atoms with E-state index in [2.05, 4.69) is 0 Å². The van der Waals surface area contributed by atoms with Gasteiger partial charge in [0, 0.05) is 31.5 Å². The van der Waals surface area contributed by atoms with Gasteiger partial charge in [-0.25, -0.2) is 0 Å². The van der Waals surface area contributed by atoms with Crippen LogP contribution in [0.15, 0.2) is 82.9 Å². The Morgan fingerprint density at radius 3 is 1.49 bits per heavy atom. The van der Waals surface area contributed by atoms with Crippen LogP contribution < -0.4 is 22.9 Å². The first-order chi connectivity index (χ1) is 39.0. The van der Waals surface area contributed by atoms with Gasteiger partial charge in [-0.15, -0.1) is 0 Å². The summed E-state index contributed by atoms with van der Waals surface area (Å²) in [5.41, 5.74) is 35.8. The number of primary amides is 4. The summed E-state index contributed by atoms with van der Waals surface area (Å²) in [7, 11) is 0. The van der Waals surface area contributed by atoms with Crippen molar-refractivity contribution >= 4 is 80.7 Å². The van der Waals surface area contributed by atoms with E-state index in [4.69, 9.17) is 78.3 Å². The summed E-state index contributed by atoms with van der Waals surface area (Å²) in [6.45, 7) is 5.68. The fraction of sp³-hybridized carbons (Fsp3) is 0.390. The summed E-state index contributed by atoms with van der Waals surface area (Å²) in [5.74, 6) is -10.1. The highest BCUT2D eigenvalue weighted by Gasteiger charge is 2.37. The van der Waals surface area contributed by atoms with E-state index in [0.29, 0.717) is 85.5 Å². The first-order valence-electron chi connectivity index (χ1n) is 30.6. The van der Waals surface area contributed by atoms with Crippen LogP contribution in [-0.4, -0.2) is 23.6 Å². The highest BCUT2D eigenvalue weighted by atomic mass is 35.5. The molecule has 0 heterocycles. The van der Waals surface area contributed by atoms with Crippen molar-refractivity contribution in [1.29, 1.82) is 0 Å². The van der Waals surface area contributed by atoms with E-state index >= 15 is 0 Å². The molecular weight excluding hydrogens is 935 g/mol. The van der Waals surface area contributed by atoms with E-state index in [0.717, 1.165) is 55.7 Å². The Kier molecular flexibility index (Phi) is 9.91. The third kappa shape index (κ3) is 9.68. The first kappa shape index (κ1) is 34.0. The lowest BCUT2D eigenvalue weighted by Gasteiger charge is -2.22. The summed E-state index contributed by atoms with van der Waals surface area (Å²) in [4.78, 5) is 47.2. The van der Waals surface area contributed by atoms with Crippen molar-refractivity contribution in [2.45, 2.75) is 123 Å². The molecule has 0 aliphatic heterocycles. The molecule has 4 atom stereocenters. The van der Waals surface area contributed by atoms with Gasteiger partial charge in [-0.3, -0.25) is 19.2 Å². The Balaban J connectivity index is 0.000000136. The number of hydrogen-bond donors (Lipinski definition) is 4. The van der Waals surface area contributed by atoms with Crippen LogP contribution in [0.3, 0.4) is 0 Å². The number of hydrogen-bond acceptors (Lipinski definition) is 4. The van der Waals surface area contributed by atoms with Gasteiger partial charge >= 0.3 is 0 Å². The van der Waals surface area contributed by atoms with Gasteiger partial charge in [0.05, 0.1) is 27.7 Å². The molecule has 11 heteroatoms. The number of carbonyl (C=O) groups excluding carboxylic acids is 4. The quantitative estimate of drug-likeness (QED) is 0.159. The minimum Gasteiger partial charge on any atom is -0.369 e. The lowest BCUT2D eigenvalue weighted by Crippen LogP contribution is -2.27. The zero-order valence-electron chi connectivity index (χ0n) is 54.1. The maximum Gasteiger partial charge on any atom is 0.224 e. The molecular formula is C59H63Cl3N4O4. The molecule has 12 rings (SSSR count). The Morgan fingerprint density at radius 2 is 0.957 bits per heavy atom. The van der Waals surface area contributed by atoms with Crippen LogP contribution in [0.1, 0.15) is 159 Å². The highest BCUT2D eigenvalue weighted by Crippen LogP contribution is 2.49. The number of carbonyl (C=O) groups is 4. The van der Waals surface area contributed by atoms with E-state index in [9.17, 15) is 19.2 Å². The van der Waals surface area contributed by atoms with Gasteiger partial charge in [0.1, 0.15) is 0 Å². The van der Waals surface area contributed by atoms with E-state index in [1.165, 1.54) is 6.07 Å². The number of rotatable bonds is 4. The van der Waals surface area contributed by atoms with Crippen LogP contribution in [0.4, 0.5) is 0 Å². The summed E-state index contributed by atoms with van der Waals surface area (Å²) in [6.07, 6.45) is -5.37. The van der Waals surface area contributed by atoms with Crippen molar-refractivity contribution in [2.75, 3.05) is 0 Å². The fourth-order valence-corrected chi connectivity index (χ4v) is 11.3. The van der Waals surface area contributed by atoms with Crippen molar-refractivity contribution in [3.05, 3.63) is 159 Å². The van der Waals surface area contributed by atoms with E-state index in [1.807, 2.05) is 51.1 Å². The van der Waals surface area contributed by atoms with Gasteiger partial charge in [-0.1, -0.05) is 70.7 Å². The minimum absolute atomic E-state index is 0.0377. The molecule has 8 aliphatic rings. The maximum atomic E-state index is 11.8. The number of aryl methyl sites for hydroxylation is 3. The first-order valence-corrected chi connectivity index (χ1v) is 24.2. The van der Waals surface area contributed by atoms with Crippen LogP contribution >= 0.6 is 34.8 Å². The SMILES string of the molecule is [2H]C1([2H])CC2=C(Cc3c(C)cc(Cl)cc32)C([2H])(C(N)=O)C1.[2H]C1([2H])CC2=C(Cc3cc(C)c(Cl)cc32)C([2H])(C(N)=O)C1.[2H]c1c(C)ccc2c1C1=C(C2)C([2H])(C(N)=O)CC([2H])([2H])C1.[2H]c1c(Cl)cc2c(c1[2H])CC1=C2CC([2H])([2H])CC1([2H])C(N)=O. The average molecular weight is 1010 g/mol. The number of benzene rings is 4. The standard InChI is InChI=1S/2C15H16ClNO.C15H17NO.C14H14ClNO/c1-8-5-9-6-13-10(12(9)7-14(8)16)3-2-4-11(13)15(17)18;1-8-5-9(16)6-13-10-3-2-4-11(15(17)18)14(10)7-12(8)13;1-9-5-6-10-8-14-11(13(10)7-9)3-2-4-12(14)15(16)17;15-9-5-4-8-6-13-10(12(8)7-9)2-1-3-11(13)14(16)17/h5,7,11H,2-4,6H2,1H3,(H2,17,18);5-6,11H,2-4,7H2,1H3,(H2,17,18);5-7,12H,2-4,8H2,1H3,(H2,16,17);4-5,7,11H,1-3,6H2,(H2,16,17)/i2*2D2,11D;2D2,7D,12D;1D2,4D,5D,11D. The van der Waals surface area contributed by atoms with Crippen LogP contribution in [0.5, 0.6) is 0 Å². The second-order valence-corrected chi connectivity index (χ2v) is 19.8. The number of allylic oxidation sites excluding steroid dienone is 4. The van der Waals surface area contributed by atoms with E-state index < -0.39 is 72.7 Å². The monoisotopic (exact) mass is 1010 g/mol. The number of amides is 4. The molecule has 4 unspecified atom stereocenters. The minimum atomic E-state index is -1.82. The second-order valence-electron chi connectivity index (χ2n) is 18.5. The number of fused-ring (bicyclic) bond motifs is 8. The van der Waals surface area contributed by atoms with Gasteiger partial charge in [0.25, 0.3) is 0 Å². The predicted molar refractivity (Wildman–Crippen MR) is 284 cm³/mol. The average Bonchev–Trinajstić information content (AvgIpc) is 1.70. The van der Waals surface area contributed by atoms with Gasteiger partial charge in [0.2, 0.25) is 23.6 Å². The predicted octanol–water partition coefficient (Wildman–Crippen LogP) is 12.0. The summed E-state index contributed by atoms with van der Waals surface area (Å²) in [5, 5.41) is 1.31. The smallest absolute Gasteiger partial charge is 0.224 e. The van der Waals surface area contributed by atoms with Gasteiger partial charge in [0.15, 0.2) is 0 Å². The zero-order valence-corrected chi connectivity index (χ0v) is 41.4. The van der Waals surface area contributed by atoms with Crippen LogP contribution in [0.2, 0.25) is 15.1 Å². The van der Waals surface area contributed by atoms with Crippen LogP contribution in [0.25, 0.3) is 22.3 Å². The summed E-state index contributed by atoms with van der Waals surface area (Å²) >= 11 is 18.3. The molecule has 0 aromatic heterocycles. The molecule has 0 spiro atoms. The normalized spacial score (nSPS) is 32.2. The zero-order chi connectivity index (χ0) is 63.2. The Bertz CT molecular complexity index is 3810. The molecule has 4 aromatic rings. The Labute approximate surface area is 448 Å². The molecule has 4 amide bonds. The van der Waals surface area contributed by atoms with E-state index in [-0.39, 0.29) is 74.9 Å². The largest absolute Gasteiger partial charge is 0.369 e. The summed E-state index contributed by atoms with van der Waals surface area (Å²) in [6, 6.07) is 12.9. The molecule has 0 saturated heterocycles. The van der Waals surface area contributed by atoms with Crippen LogP contribution in [0, 0.1) is 44.3 Å². The third-order valence-electron chi connectivity index (χ3n) is 14.2. The van der Waals surface area contributed by atoms with Crippen molar-refractivity contribution in [3.8, 4) is 0 Å². The number of halogens is 3. The van der Waals surface area contributed by atoms with Gasteiger partial charge in [-0.05, 0) is 254 Å². The molecule has 0 fully saturated rings. The molecule has 8 nitrogen and oxygen atoms in total. The molecule has 0 radical (unpaired) electrons. The Hall–Kier alpha value is -5.41. The molecule has 0 saturated carbocycles. The molecule has 0 bridgehead atoms. The number of nitrogens with two attached hydrogens (primary N) is 4. The Morgan fingerprint density at radius 1 is 0.514 bits per heavy atom. The highest BCUT2D eigenvalue weighted by molar-refractivity contribution is 6.32. The van der Waals surface area contributed by atoms with E-state index in [1.54, 1.807) is 6.07 Å².